The van der Waals surface area contributed by atoms with E-state index in [-0.39, 0.29) is 43.6 Å². The van der Waals surface area contributed by atoms with Gasteiger partial charge in [0.2, 0.25) is 5.91 Å². The van der Waals surface area contributed by atoms with Crippen LogP contribution < -0.4 is 0 Å². The minimum Gasteiger partial charge on any atom is -0.330 e. The maximum absolute atomic E-state index is 13.0. The third-order valence-electron chi connectivity index (χ3n) is 4.68. The van der Waals surface area contributed by atoms with E-state index in [0.717, 1.165) is 6.08 Å². The Morgan fingerprint density at radius 3 is 1.53 bits per heavy atom. The molecule has 0 unspecified atom stereocenters. The van der Waals surface area contributed by atoms with Crippen molar-refractivity contribution in [3.8, 4) is 0 Å². The number of carbonyl (C=O) groups is 2. The molecule has 3 rings (SSSR count). The number of amides is 1. The number of nitro groups is 2. The molecule has 9 nitrogen and oxygen atoms in total. The number of non-ortho nitro benzene ring substituents is 2. The summed E-state index contributed by atoms with van der Waals surface area (Å²) in [5.74, 6) is -0.624. The van der Waals surface area contributed by atoms with Crippen LogP contribution in [0, 0.1) is 20.2 Å². The molecule has 1 saturated heterocycles. The summed E-state index contributed by atoms with van der Waals surface area (Å²) in [6.07, 6.45) is 4.32. The summed E-state index contributed by atoms with van der Waals surface area (Å²) in [5.41, 5.74) is 1.69. The molecule has 1 amide bonds. The summed E-state index contributed by atoms with van der Waals surface area (Å²) < 4.78 is 0. The lowest BCUT2D eigenvalue weighted by molar-refractivity contribution is -0.385. The van der Waals surface area contributed by atoms with Crippen LogP contribution >= 0.6 is 0 Å². The Balaban J connectivity index is 0.00000363. The molecule has 32 heavy (non-hydrogen) atoms. The van der Waals surface area contributed by atoms with Crippen LogP contribution in [0.25, 0.3) is 12.2 Å². The number of nitrogens with zero attached hydrogens (tertiary/aromatic N) is 3. The van der Waals surface area contributed by atoms with Crippen molar-refractivity contribution in [2.45, 2.75) is 7.43 Å². The van der Waals surface area contributed by atoms with Crippen LogP contribution in [0.3, 0.4) is 0 Å². The molecular weight excluding hydrogens is 414 g/mol. The zero-order chi connectivity index (χ0) is 22.5. The Hall–Kier alpha value is -4.40. The van der Waals surface area contributed by atoms with Gasteiger partial charge in [-0.05, 0) is 53.6 Å². The number of nitro benzene ring substituents is 2. The van der Waals surface area contributed by atoms with Crippen molar-refractivity contribution in [1.82, 2.24) is 4.90 Å². The van der Waals surface area contributed by atoms with Crippen LogP contribution in [0.1, 0.15) is 18.6 Å². The van der Waals surface area contributed by atoms with E-state index in [1.807, 2.05) is 0 Å². The molecule has 0 spiro atoms. The zero-order valence-electron chi connectivity index (χ0n) is 16.3. The van der Waals surface area contributed by atoms with E-state index in [4.69, 9.17) is 0 Å². The molecular formula is C23H21N3O6. The topological polar surface area (TPSA) is 124 Å². The summed E-state index contributed by atoms with van der Waals surface area (Å²) in [5, 5.41) is 21.6. The third-order valence-corrected chi connectivity index (χ3v) is 4.68. The van der Waals surface area contributed by atoms with E-state index in [1.165, 1.54) is 53.4 Å². The molecule has 1 aliphatic rings. The first-order chi connectivity index (χ1) is 14.8. The molecule has 0 aliphatic carbocycles. The number of benzene rings is 2. The fraction of sp³-hybridized carbons (Fsp3) is 0.130. The van der Waals surface area contributed by atoms with Crippen LogP contribution in [-0.2, 0) is 9.59 Å². The molecule has 2 aromatic rings. The molecule has 0 bridgehead atoms. The summed E-state index contributed by atoms with van der Waals surface area (Å²) in [6, 6.07) is 11.4. The number of piperidine rings is 1. The van der Waals surface area contributed by atoms with Gasteiger partial charge in [0.25, 0.3) is 11.4 Å². The average molecular weight is 435 g/mol. The second-order valence-electron chi connectivity index (χ2n) is 6.76. The zero-order valence-corrected chi connectivity index (χ0v) is 16.3. The number of ketones is 1. The van der Waals surface area contributed by atoms with E-state index in [1.54, 1.807) is 12.2 Å². The third kappa shape index (κ3) is 5.39. The molecule has 1 fully saturated rings. The molecule has 1 heterocycles. The fourth-order valence-corrected chi connectivity index (χ4v) is 3.11. The van der Waals surface area contributed by atoms with Crippen molar-refractivity contribution in [3.63, 3.8) is 0 Å². The highest BCUT2D eigenvalue weighted by Gasteiger charge is 2.28. The molecule has 0 saturated carbocycles. The highest BCUT2D eigenvalue weighted by molar-refractivity contribution is 6.15. The van der Waals surface area contributed by atoms with Gasteiger partial charge in [0, 0.05) is 35.4 Å². The lowest BCUT2D eigenvalue weighted by Crippen LogP contribution is -2.40. The van der Waals surface area contributed by atoms with Gasteiger partial charge in [-0.25, -0.2) is 0 Å². The Bertz CT molecular complexity index is 1050. The first kappa shape index (κ1) is 23.9. The number of hydrogen-bond donors (Lipinski definition) is 0. The van der Waals surface area contributed by atoms with Gasteiger partial charge in [-0.15, -0.1) is 0 Å². The normalized spacial score (nSPS) is 15.9. The van der Waals surface area contributed by atoms with Crippen molar-refractivity contribution in [3.05, 3.63) is 104 Å². The van der Waals surface area contributed by atoms with Gasteiger partial charge in [0.1, 0.15) is 0 Å². The van der Waals surface area contributed by atoms with Gasteiger partial charge in [0.15, 0.2) is 5.78 Å². The Labute approximate surface area is 184 Å². The molecule has 0 radical (unpaired) electrons. The maximum atomic E-state index is 13.0. The van der Waals surface area contributed by atoms with Crippen molar-refractivity contribution in [2.24, 2.45) is 0 Å². The van der Waals surface area contributed by atoms with Gasteiger partial charge >= 0.3 is 0 Å². The van der Waals surface area contributed by atoms with Crippen LogP contribution in [-0.4, -0.2) is 39.5 Å². The second kappa shape index (κ2) is 10.1. The molecule has 0 atom stereocenters. The summed E-state index contributed by atoms with van der Waals surface area (Å²) in [6.45, 7) is 3.62. The van der Waals surface area contributed by atoms with E-state index < -0.39 is 9.85 Å². The monoisotopic (exact) mass is 435 g/mol. The average Bonchev–Trinajstić information content (AvgIpc) is 2.76. The highest BCUT2D eigenvalue weighted by atomic mass is 16.6. The molecule has 1 aliphatic heterocycles. The Kier molecular flexibility index (Phi) is 7.52. The SMILES string of the molecule is C.C=CC(=O)N1C/C(=C\c2ccc([N+](=O)[O-])cc2)C(=O)/C(=C/c2ccc([N+](=O)[O-])cc2)C1. The van der Waals surface area contributed by atoms with Crippen molar-refractivity contribution >= 4 is 35.2 Å². The van der Waals surface area contributed by atoms with Crippen LogP contribution in [0.15, 0.2) is 72.3 Å². The summed E-state index contributed by atoms with van der Waals surface area (Å²) in [7, 11) is 0. The molecule has 0 N–H and O–H groups in total. The lowest BCUT2D eigenvalue weighted by atomic mass is 9.94. The van der Waals surface area contributed by atoms with Gasteiger partial charge in [-0.3, -0.25) is 29.8 Å². The smallest absolute Gasteiger partial charge is 0.269 e. The predicted octanol–water partition coefficient (Wildman–Crippen LogP) is 4.20. The van der Waals surface area contributed by atoms with Crippen molar-refractivity contribution in [2.75, 3.05) is 13.1 Å². The van der Waals surface area contributed by atoms with Gasteiger partial charge < -0.3 is 4.90 Å². The van der Waals surface area contributed by atoms with Gasteiger partial charge in [-0.2, -0.15) is 0 Å². The predicted molar refractivity (Wildman–Crippen MR) is 121 cm³/mol. The highest BCUT2D eigenvalue weighted by Crippen LogP contribution is 2.24. The largest absolute Gasteiger partial charge is 0.330 e. The van der Waals surface area contributed by atoms with Crippen LogP contribution in [0.2, 0.25) is 0 Å². The molecule has 0 aromatic heterocycles. The van der Waals surface area contributed by atoms with E-state index in [9.17, 15) is 29.8 Å². The molecule has 164 valence electrons. The van der Waals surface area contributed by atoms with Crippen LogP contribution in [0.4, 0.5) is 11.4 Å². The first-order valence-electron chi connectivity index (χ1n) is 9.14. The van der Waals surface area contributed by atoms with E-state index >= 15 is 0 Å². The number of likely N-dealkylation sites (tertiary alicyclic amines) is 1. The number of Topliss-reactive ketones (excluding diaryl/α,β-unsaturated/α-hetero) is 1. The number of carbonyl (C=O) groups excluding carboxylic acids is 2. The molecule has 2 aromatic carbocycles. The lowest BCUT2D eigenvalue weighted by Gasteiger charge is -2.29. The first-order valence-corrected chi connectivity index (χ1v) is 9.14. The molecule has 9 heteroatoms. The van der Waals surface area contributed by atoms with Gasteiger partial charge in [0.05, 0.1) is 22.9 Å². The maximum Gasteiger partial charge on any atom is 0.269 e. The quantitative estimate of drug-likeness (QED) is 0.394. The number of hydrogen-bond acceptors (Lipinski definition) is 6. The van der Waals surface area contributed by atoms with E-state index in [2.05, 4.69) is 6.58 Å². The standard InChI is InChI=1S/C22H17N3O6.CH4/c1-2-21(26)23-13-17(11-15-3-7-19(8-4-15)24(28)29)22(27)18(14-23)12-16-5-9-20(10-6-16)25(30)31;/h2-12H,1,13-14H2;1H4/b17-11+,18-12+;. The summed E-state index contributed by atoms with van der Waals surface area (Å²) >= 11 is 0. The Morgan fingerprint density at radius 2 is 1.22 bits per heavy atom. The Morgan fingerprint density at radius 1 is 0.844 bits per heavy atom. The van der Waals surface area contributed by atoms with Crippen molar-refractivity contribution < 1.29 is 19.4 Å². The fourth-order valence-electron chi connectivity index (χ4n) is 3.11. The van der Waals surface area contributed by atoms with E-state index in [0.29, 0.717) is 22.3 Å². The number of rotatable bonds is 5. The van der Waals surface area contributed by atoms with Crippen LogP contribution in [0.5, 0.6) is 0 Å². The minimum absolute atomic E-state index is 0. The summed E-state index contributed by atoms with van der Waals surface area (Å²) in [4.78, 5) is 47.3. The van der Waals surface area contributed by atoms with Gasteiger partial charge in [-0.1, -0.05) is 14.0 Å². The minimum atomic E-state index is -0.516. The van der Waals surface area contributed by atoms with Crippen molar-refractivity contribution in [1.29, 1.82) is 0 Å². The second-order valence-corrected chi connectivity index (χ2v) is 6.76.